The van der Waals surface area contributed by atoms with Gasteiger partial charge in [-0.1, -0.05) is 11.3 Å². The Bertz CT molecular complexity index is 1080. The molecule has 35 heavy (non-hydrogen) atoms. The number of nitrogens with one attached hydrogen (secondary N) is 1. The normalized spacial score (nSPS) is 18.3. The highest BCUT2D eigenvalue weighted by Gasteiger charge is 2.27. The Morgan fingerprint density at radius 1 is 1.11 bits per heavy atom. The molecule has 0 unspecified atom stereocenters. The minimum atomic E-state index is 0.0978. The summed E-state index contributed by atoms with van der Waals surface area (Å²) in [6.07, 6.45) is 4.72. The maximum atomic E-state index is 12.7. The molecule has 2 aliphatic rings. The van der Waals surface area contributed by atoms with Gasteiger partial charge >= 0.3 is 0 Å². The zero-order valence-corrected chi connectivity index (χ0v) is 21.5. The van der Waals surface area contributed by atoms with E-state index in [1.807, 2.05) is 35.0 Å². The smallest absolute Gasteiger partial charge is 0.223 e. The van der Waals surface area contributed by atoms with Gasteiger partial charge in [-0.05, 0) is 57.1 Å². The van der Waals surface area contributed by atoms with Crippen LogP contribution in [0.5, 0.6) is 5.75 Å². The van der Waals surface area contributed by atoms with Crippen LogP contribution in [0.1, 0.15) is 19.3 Å². The summed E-state index contributed by atoms with van der Waals surface area (Å²) in [5.41, 5.74) is 1.95. The molecule has 1 N–H and O–H groups in total. The largest absolute Gasteiger partial charge is 0.497 e. The molecule has 10 heteroatoms. The number of likely N-dealkylation sites (N-methyl/N-ethyl adjacent to an activating group) is 1. The van der Waals surface area contributed by atoms with E-state index in [0.717, 1.165) is 98.7 Å². The lowest BCUT2D eigenvalue weighted by Gasteiger charge is -2.32. The first-order valence-electron chi connectivity index (χ1n) is 12.5. The van der Waals surface area contributed by atoms with Crippen LogP contribution in [0.4, 0.5) is 5.13 Å². The lowest BCUT2D eigenvalue weighted by Crippen LogP contribution is -2.45. The van der Waals surface area contributed by atoms with E-state index in [1.54, 1.807) is 18.4 Å². The van der Waals surface area contributed by atoms with Crippen molar-refractivity contribution >= 4 is 27.3 Å². The van der Waals surface area contributed by atoms with Crippen LogP contribution in [-0.2, 0) is 4.79 Å². The zero-order valence-electron chi connectivity index (χ0n) is 20.7. The SMILES string of the molecule is COc1ccc(-c2cn3nc(N4CCC(C(=O)NCCCN5CCN(C)CC5)CC4)sc3n2)cc1. The number of amides is 1. The number of ether oxygens (including phenoxy) is 1. The minimum absolute atomic E-state index is 0.0978. The average molecular weight is 498 g/mol. The number of rotatable bonds is 8. The average Bonchev–Trinajstić information content (AvgIpc) is 3.47. The van der Waals surface area contributed by atoms with Crippen LogP contribution < -0.4 is 15.0 Å². The Morgan fingerprint density at radius 3 is 2.54 bits per heavy atom. The second-order valence-electron chi connectivity index (χ2n) is 9.52. The summed E-state index contributed by atoms with van der Waals surface area (Å²) in [7, 11) is 3.84. The van der Waals surface area contributed by atoms with Gasteiger partial charge in [0.05, 0.1) is 19.0 Å². The van der Waals surface area contributed by atoms with Crippen LogP contribution in [0, 0.1) is 5.92 Å². The quantitative estimate of drug-likeness (QED) is 0.479. The molecule has 2 aliphatic heterocycles. The van der Waals surface area contributed by atoms with E-state index in [0.29, 0.717) is 0 Å². The van der Waals surface area contributed by atoms with Crippen molar-refractivity contribution in [2.75, 3.05) is 71.4 Å². The van der Waals surface area contributed by atoms with Crippen molar-refractivity contribution in [3.05, 3.63) is 30.5 Å². The summed E-state index contributed by atoms with van der Waals surface area (Å²) in [6.45, 7) is 8.08. The van der Waals surface area contributed by atoms with Crippen LogP contribution in [0.25, 0.3) is 16.2 Å². The second-order valence-corrected chi connectivity index (χ2v) is 10.5. The fourth-order valence-corrected chi connectivity index (χ4v) is 5.72. The van der Waals surface area contributed by atoms with Gasteiger partial charge in [-0.3, -0.25) is 4.79 Å². The van der Waals surface area contributed by atoms with Crippen molar-refractivity contribution in [1.82, 2.24) is 29.7 Å². The maximum absolute atomic E-state index is 12.7. The van der Waals surface area contributed by atoms with Gasteiger partial charge in [-0.25, -0.2) is 9.50 Å². The van der Waals surface area contributed by atoms with Gasteiger partial charge in [-0.15, -0.1) is 5.10 Å². The third-order valence-corrected chi connectivity index (χ3v) is 8.08. The van der Waals surface area contributed by atoms with Gasteiger partial charge in [0, 0.05) is 57.3 Å². The summed E-state index contributed by atoms with van der Waals surface area (Å²) in [5.74, 6) is 1.14. The Morgan fingerprint density at radius 2 is 1.86 bits per heavy atom. The lowest BCUT2D eigenvalue weighted by atomic mass is 9.96. The molecule has 0 spiro atoms. The Labute approximate surface area is 210 Å². The number of hydrogen-bond acceptors (Lipinski definition) is 8. The molecule has 0 bridgehead atoms. The molecule has 188 valence electrons. The van der Waals surface area contributed by atoms with E-state index < -0.39 is 0 Å². The van der Waals surface area contributed by atoms with E-state index in [1.165, 1.54) is 0 Å². The summed E-state index contributed by atoms with van der Waals surface area (Å²) in [4.78, 5) is 25.4. The van der Waals surface area contributed by atoms with Crippen molar-refractivity contribution in [3.63, 3.8) is 0 Å². The summed E-state index contributed by atoms with van der Waals surface area (Å²) < 4.78 is 7.09. The number of benzene rings is 1. The second kappa shape index (κ2) is 10.9. The number of nitrogens with zero attached hydrogens (tertiary/aromatic N) is 6. The van der Waals surface area contributed by atoms with Crippen LogP contribution >= 0.6 is 11.3 Å². The molecule has 3 aromatic rings. The third kappa shape index (κ3) is 5.76. The number of hydrogen-bond donors (Lipinski definition) is 1. The molecule has 0 atom stereocenters. The van der Waals surface area contributed by atoms with Crippen molar-refractivity contribution in [2.24, 2.45) is 5.92 Å². The van der Waals surface area contributed by atoms with Crippen LogP contribution in [-0.4, -0.2) is 96.8 Å². The van der Waals surface area contributed by atoms with Crippen molar-refractivity contribution in [1.29, 1.82) is 0 Å². The van der Waals surface area contributed by atoms with E-state index in [9.17, 15) is 4.79 Å². The molecule has 2 aromatic heterocycles. The zero-order chi connectivity index (χ0) is 24.2. The number of piperidine rings is 1. The number of carbonyl (C=O) groups is 1. The van der Waals surface area contributed by atoms with E-state index in [2.05, 4.69) is 27.1 Å². The van der Waals surface area contributed by atoms with Gasteiger partial charge in [0.2, 0.25) is 16.0 Å². The molecular formula is C25H35N7O2S. The first kappa shape index (κ1) is 24.0. The molecule has 4 heterocycles. The molecule has 0 aliphatic carbocycles. The topological polar surface area (TPSA) is 78.2 Å². The molecular weight excluding hydrogens is 462 g/mol. The van der Waals surface area contributed by atoms with Gasteiger partial charge in [0.1, 0.15) is 5.75 Å². The predicted molar refractivity (Wildman–Crippen MR) is 139 cm³/mol. The molecule has 2 fully saturated rings. The highest BCUT2D eigenvalue weighted by molar-refractivity contribution is 7.20. The molecule has 0 radical (unpaired) electrons. The Kier molecular flexibility index (Phi) is 7.50. The van der Waals surface area contributed by atoms with Crippen molar-refractivity contribution in [3.8, 4) is 17.0 Å². The first-order chi connectivity index (χ1) is 17.1. The molecule has 1 aromatic carbocycles. The monoisotopic (exact) mass is 497 g/mol. The lowest BCUT2D eigenvalue weighted by molar-refractivity contribution is -0.125. The van der Waals surface area contributed by atoms with Crippen LogP contribution in [0.15, 0.2) is 30.5 Å². The van der Waals surface area contributed by atoms with Gasteiger partial charge in [-0.2, -0.15) is 0 Å². The predicted octanol–water partition coefficient (Wildman–Crippen LogP) is 2.44. The highest BCUT2D eigenvalue weighted by Crippen LogP contribution is 2.30. The highest BCUT2D eigenvalue weighted by atomic mass is 32.1. The molecule has 9 nitrogen and oxygen atoms in total. The van der Waals surface area contributed by atoms with Crippen LogP contribution in [0.3, 0.4) is 0 Å². The molecule has 0 saturated carbocycles. The fraction of sp³-hybridized carbons (Fsp3) is 0.560. The van der Waals surface area contributed by atoms with E-state index in [-0.39, 0.29) is 11.8 Å². The molecule has 5 rings (SSSR count). The number of anilines is 1. The number of carbonyl (C=O) groups excluding carboxylic acids is 1. The number of aromatic nitrogens is 3. The number of fused-ring (bicyclic) bond motifs is 1. The Hall–Kier alpha value is -2.69. The first-order valence-corrected chi connectivity index (χ1v) is 13.3. The maximum Gasteiger partial charge on any atom is 0.223 e. The van der Waals surface area contributed by atoms with E-state index in [4.69, 9.17) is 14.8 Å². The van der Waals surface area contributed by atoms with Gasteiger partial charge < -0.3 is 24.8 Å². The van der Waals surface area contributed by atoms with Gasteiger partial charge in [0.15, 0.2) is 0 Å². The number of piperazine rings is 1. The minimum Gasteiger partial charge on any atom is -0.497 e. The van der Waals surface area contributed by atoms with Crippen molar-refractivity contribution < 1.29 is 9.53 Å². The molecule has 1 amide bonds. The van der Waals surface area contributed by atoms with Gasteiger partial charge in [0.25, 0.3) is 0 Å². The Balaban J connectivity index is 1.07. The third-order valence-electron chi connectivity index (χ3n) is 7.10. The number of imidazole rings is 1. The van der Waals surface area contributed by atoms with Crippen molar-refractivity contribution in [2.45, 2.75) is 19.3 Å². The van der Waals surface area contributed by atoms with E-state index >= 15 is 0 Å². The molecule has 2 saturated heterocycles. The summed E-state index contributed by atoms with van der Waals surface area (Å²) in [5, 5.41) is 8.91. The number of methoxy groups -OCH3 is 1. The summed E-state index contributed by atoms with van der Waals surface area (Å²) >= 11 is 1.60. The summed E-state index contributed by atoms with van der Waals surface area (Å²) in [6, 6.07) is 7.90. The fourth-order valence-electron chi connectivity index (χ4n) is 4.78. The van der Waals surface area contributed by atoms with Crippen LogP contribution in [0.2, 0.25) is 0 Å². The standard InChI is InChI=1S/C25H35N7O2S/c1-29-14-16-30(17-15-29)11-3-10-26-23(33)20-8-12-31(13-9-20)25-28-32-18-22(27-24(32)35-25)19-4-6-21(34-2)7-5-19/h4-7,18,20H,3,8-17H2,1-2H3,(H,26,33).